The molecule has 2 aromatic heterocycles. The SMILES string of the molecule is CCc1nncn1CCNC(=NC)NCc1ccc(OCc2ccccn2)cc1.I. The number of halogens is 1. The van der Waals surface area contributed by atoms with E-state index >= 15 is 0 Å². The molecule has 30 heavy (non-hydrogen) atoms. The average molecular weight is 521 g/mol. The van der Waals surface area contributed by atoms with E-state index in [2.05, 4.69) is 37.7 Å². The third-order valence-corrected chi connectivity index (χ3v) is 4.38. The highest BCUT2D eigenvalue weighted by molar-refractivity contribution is 14.0. The molecule has 0 saturated heterocycles. The Balaban J connectivity index is 0.00000320. The van der Waals surface area contributed by atoms with Crippen LogP contribution >= 0.6 is 24.0 Å². The van der Waals surface area contributed by atoms with Crippen LogP contribution in [0.5, 0.6) is 5.75 Å². The molecule has 0 saturated carbocycles. The van der Waals surface area contributed by atoms with Crippen molar-refractivity contribution in [2.45, 2.75) is 33.0 Å². The number of aliphatic imine (C=N–C) groups is 1. The van der Waals surface area contributed by atoms with Gasteiger partial charge in [-0.15, -0.1) is 34.2 Å². The Morgan fingerprint density at radius 3 is 2.67 bits per heavy atom. The van der Waals surface area contributed by atoms with E-state index in [0.717, 1.165) is 48.3 Å². The van der Waals surface area contributed by atoms with Crippen LogP contribution in [-0.2, 0) is 26.1 Å². The largest absolute Gasteiger partial charge is 0.487 e. The number of pyridine rings is 1. The number of benzene rings is 1. The molecule has 0 unspecified atom stereocenters. The fourth-order valence-electron chi connectivity index (χ4n) is 2.78. The number of nitrogens with zero attached hydrogens (tertiary/aromatic N) is 5. The summed E-state index contributed by atoms with van der Waals surface area (Å²) in [5.74, 6) is 2.56. The van der Waals surface area contributed by atoms with Gasteiger partial charge in [-0.1, -0.05) is 25.1 Å². The van der Waals surface area contributed by atoms with Crippen molar-refractivity contribution < 1.29 is 4.74 Å². The normalized spacial score (nSPS) is 10.9. The van der Waals surface area contributed by atoms with E-state index in [1.807, 2.05) is 47.0 Å². The van der Waals surface area contributed by atoms with Crippen molar-refractivity contribution in [2.75, 3.05) is 13.6 Å². The Kier molecular flexibility index (Phi) is 10.1. The first-order chi connectivity index (χ1) is 14.3. The van der Waals surface area contributed by atoms with Crippen molar-refractivity contribution in [3.63, 3.8) is 0 Å². The maximum atomic E-state index is 5.77. The number of hydrogen-bond donors (Lipinski definition) is 2. The molecule has 0 amide bonds. The van der Waals surface area contributed by atoms with Gasteiger partial charge in [0.2, 0.25) is 0 Å². The molecule has 0 aliphatic carbocycles. The number of aryl methyl sites for hydroxylation is 1. The average Bonchev–Trinajstić information content (AvgIpc) is 3.23. The zero-order chi connectivity index (χ0) is 20.3. The van der Waals surface area contributed by atoms with Crippen molar-refractivity contribution in [1.82, 2.24) is 30.4 Å². The van der Waals surface area contributed by atoms with Crippen LogP contribution < -0.4 is 15.4 Å². The van der Waals surface area contributed by atoms with E-state index in [-0.39, 0.29) is 24.0 Å². The van der Waals surface area contributed by atoms with Crippen molar-refractivity contribution in [3.8, 4) is 5.75 Å². The maximum Gasteiger partial charge on any atom is 0.191 e. The summed E-state index contributed by atoms with van der Waals surface area (Å²) >= 11 is 0. The summed E-state index contributed by atoms with van der Waals surface area (Å²) in [4.78, 5) is 8.52. The third kappa shape index (κ3) is 7.29. The lowest BCUT2D eigenvalue weighted by molar-refractivity contribution is 0.301. The summed E-state index contributed by atoms with van der Waals surface area (Å²) in [6.07, 6.45) is 4.39. The number of rotatable bonds is 9. The van der Waals surface area contributed by atoms with Crippen LogP contribution in [0.3, 0.4) is 0 Å². The van der Waals surface area contributed by atoms with Gasteiger partial charge in [-0.05, 0) is 29.8 Å². The second-order valence-corrected chi connectivity index (χ2v) is 6.40. The van der Waals surface area contributed by atoms with Crippen LogP contribution in [0.25, 0.3) is 0 Å². The summed E-state index contributed by atoms with van der Waals surface area (Å²) in [6.45, 7) is 4.74. The van der Waals surface area contributed by atoms with Crippen molar-refractivity contribution >= 4 is 29.9 Å². The number of hydrogen-bond acceptors (Lipinski definition) is 5. The van der Waals surface area contributed by atoms with Crippen LogP contribution in [0.2, 0.25) is 0 Å². The zero-order valence-corrected chi connectivity index (χ0v) is 19.6. The van der Waals surface area contributed by atoms with Gasteiger partial charge in [-0.25, -0.2) is 0 Å². The van der Waals surface area contributed by atoms with Gasteiger partial charge in [0.05, 0.1) is 5.69 Å². The van der Waals surface area contributed by atoms with E-state index in [0.29, 0.717) is 13.2 Å². The molecule has 2 heterocycles. The Hall–Kier alpha value is -2.69. The van der Waals surface area contributed by atoms with Crippen molar-refractivity contribution in [2.24, 2.45) is 4.99 Å². The first-order valence-electron chi connectivity index (χ1n) is 9.71. The molecule has 0 bridgehead atoms. The molecule has 0 radical (unpaired) electrons. The lowest BCUT2D eigenvalue weighted by Crippen LogP contribution is -2.38. The predicted molar refractivity (Wildman–Crippen MR) is 128 cm³/mol. The Morgan fingerprint density at radius 1 is 1.13 bits per heavy atom. The van der Waals surface area contributed by atoms with Crippen molar-refractivity contribution in [3.05, 3.63) is 72.1 Å². The molecule has 1 aromatic carbocycles. The summed E-state index contributed by atoms with van der Waals surface area (Å²) in [6, 6.07) is 13.8. The zero-order valence-electron chi connectivity index (χ0n) is 17.3. The van der Waals surface area contributed by atoms with Crippen LogP contribution in [-0.4, -0.2) is 39.3 Å². The number of nitrogens with one attached hydrogen (secondary N) is 2. The highest BCUT2D eigenvalue weighted by Crippen LogP contribution is 2.13. The van der Waals surface area contributed by atoms with Gasteiger partial charge in [0.25, 0.3) is 0 Å². The number of aromatic nitrogens is 4. The topological polar surface area (TPSA) is 89.2 Å². The Labute approximate surface area is 194 Å². The molecular weight excluding hydrogens is 493 g/mol. The summed E-state index contributed by atoms with van der Waals surface area (Å²) in [7, 11) is 1.76. The molecule has 2 N–H and O–H groups in total. The molecule has 0 aliphatic heterocycles. The highest BCUT2D eigenvalue weighted by atomic mass is 127. The van der Waals surface area contributed by atoms with Crippen LogP contribution in [0.1, 0.15) is 24.0 Å². The third-order valence-electron chi connectivity index (χ3n) is 4.38. The lowest BCUT2D eigenvalue weighted by atomic mass is 10.2. The highest BCUT2D eigenvalue weighted by Gasteiger charge is 2.03. The fraction of sp³-hybridized carbons (Fsp3) is 0.333. The van der Waals surface area contributed by atoms with E-state index in [1.54, 1.807) is 19.6 Å². The molecule has 0 atom stereocenters. The molecule has 0 aliphatic rings. The lowest BCUT2D eigenvalue weighted by Gasteiger charge is -2.13. The molecule has 0 spiro atoms. The van der Waals surface area contributed by atoms with Crippen LogP contribution in [0, 0.1) is 0 Å². The van der Waals surface area contributed by atoms with E-state index in [9.17, 15) is 0 Å². The molecule has 9 heteroatoms. The second kappa shape index (κ2) is 12.8. The monoisotopic (exact) mass is 521 g/mol. The molecule has 8 nitrogen and oxygen atoms in total. The predicted octanol–water partition coefficient (Wildman–Crippen LogP) is 2.80. The first kappa shape index (κ1) is 23.6. The molecule has 3 rings (SSSR count). The van der Waals surface area contributed by atoms with E-state index < -0.39 is 0 Å². The number of ether oxygens (including phenoxy) is 1. The van der Waals surface area contributed by atoms with E-state index in [1.165, 1.54) is 0 Å². The minimum absolute atomic E-state index is 0. The smallest absolute Gasteiger partial charge is 0.191 e. The van der Waals surface area contributed by atoms with Gasteiger partial charge >= 0.3 is 0 Å². The van der Waals surface area contributed by atoms with Gasteiger partial charge in [0.15, 0.2) is 5.96 Å². The van der Waals surface area contributed by atoms with Crippen LogP contribution in [0.4, 0.5) is 0 Å². The summed E-state index contributed by atoms with van der Waals surface area (Å²) < 4.78 is 7.82. The standard InChI is InChI=1S/C21H27N7O.HI/c1-3-20-27-26-16-28(20)13-12-24-21(22-2)25-14-17-7-9-19(10-8-17)29-15-18-6-4-5-11-23-18;/h4-11,16H,3,12-15H2,1-2H3,(H2,22,24,25);1H. The van der Waals surface area contributed by atoms with Gasteiger partial charge in [0, 0.05) is 39.3 Å². The second-order valence-electron chi connectivity index (χ2n) is 6.40. The number of guanidine groups is 1. The molecule has 0 fully saturated rings. The first-order valence-corrected chi connectivity index (χ1v) is 9.71. The summed E-state index contributed by atoms with van der Waals surface area (Å²) in [5.41, 5.74) is 2.05. The quantitative estimate of drug-likeness (QED) is 0.256. The fourth-order valence-corrected chi connectivity index (χ4v) is 2.78. The van der Waals surface area contributed by atoms with Gasteiger partial charge in [-0.3, -0.25) is 9.98 Å². The van der Waals surface area contributed by atoms with Crippen LogP contribution in [0.15, 0.2) is 60.0 Å². The molecule has 160 valence electrons. The van der Waals surface area contributed by atoms with Gasteiger partial charge in [-0.2, -0.15) is 0 Å². The van der Waals surface area contributed by atoms with E-state index in [4.69, 9.17) is 4.74 Å². The Morgan fingerprint density at radius 2 is 1.97 bits per heavy atom. The van der Waals surface area contributed by atoms with Gasteiger partial charge in [0.1, 0.15) is 24.5 Å². The Bertz CT molecular complexity index is 897. The molecular formula is C21H28IN7O. The molecule has 3 aromatic rings. The minimum Gasteiger partial charge on any atom is -0.487 e. The minimum atomic E-state index is 0. The van der Waals surface area contributed by atoms with Crippen molar-refractivity contribution in [1.29, 1.82) is 0 Å². The van der Waals surface area contributed by atoms with Gasteiger partial charge < -0.3 is 19.9 Å². The summed E-state index contributed by atoms with van der Waals surface area (Å²) in [5, 5.41) is 14.7. The maximum absolute atomic E-state index is 5.77.